The predicted molar refractivity (Wildman–Crippen MR) is 150 cm³/mol. The molecule has 9 nitrogen and oxygen atoms in total. The van der Waals surface area contributed by atoms with Crippen LogP contribution in [0.2, 0.25) is 0 Å². The third kappa shape index (κ3) is 5.09. The lowest BCUT2D eigenvalue weighted by Gasteiger charge is -2.11. The fourth-order valence-corrected chi connectivity index (χ4v) is 4.42. The van der Waals surface area contributed by atoms with Crippen LogP contribution >= 0.6 is 0 Å². The van der Waals surface area contributed by atoms with Gasteiger partial charge in [0.2, 0.25) is 5.78 Å². The number of aromatic nitrogens is 3. The first kappa shape index (κ1) is 26.4. The fraction of sp³-hybridized carbons (Fsp3) is 0.161. The first-order valence-electron chi connectivity index (χ1n) is 12.5. The molecule has 0 fully saturated rings. The van der Waals surface area contributed by atoms with Crippen LogP contribution in [0.4, 0.5) is 0 Å². The second-order valence-corrected chi connectivity index (χ2v) is 8.88. The number of ether oxygens (including phenoxy) is 4. The molecule has 0 N–H and O–H groups in total. The summed E-state index contributed by atoms with van der Waals surface area (Å²) in [4.78, 5) is 31.4. The lowest BCUT2D eigenvalue weighted by molar-refractivity contribution is 0.0476. The molecule has 40 heavy (non-hydrogen) atoms. The molecular formula is C31H27N3O6. The standard InChI is InChI=1S/C31H27N3O6/c1-19-29-25(31(36)40-18-27(35)24-15-14-23(38-3)16-28(24)39-4)17-26(20-10-12-22(37-2)13-11-20)32-30(29)34(33-19)21-8-6-5-7-9-21/h5-17H,18H2,1-4H3. The normalized spacial score (nSPS) is 10.8. The van der Waals surface area contributed by atoms with Crippen molar-refractivity contribution in [3.63, 3.8) is 0 Å². The van der Waals surface area contributed by atoms with Gasteiger partial charge in [-0.15, -0.1) is 0 Å². The molecule has 0 saturated carbocycles. The summed E-state index contributed by atoms with van der Waals surface area (Å²) in [5, 5.41) is 5.22. The topological polar surface area (TPSA) is 102 Å². The van der Waals surface area contributed by atoms with Crippen molar-refractivity contribution in [3.8, 4) is 34.2 Å². The molecule has 5 aromatic rings. The van der Waals surface area contributed by atoms with Crippen LogP contribution in [-0.4, -0.2) is 54.5 Å². The molecule has 3 aromatic carbocycles. The number of nitrogens with zero attached hydrogens (tertiary/aromatic N) is 3. The smallest absolute Gasteiger partial charge is 0.339 e. The van der Waals surface area contributed by atoms with Crippen LogP contribution in [0, 0.1) is 6.92 Å². The van der Waals surface area contributed by atoms with Gasteiger partial charge in [-0.05, 0) is 61.5 Å². The van der Waals surface area contributed by atoms with Crippen molar-refractivity contribution < 1.29 is 28.5 Å². The van der Waals surface area contributed by atoms with Gasteiger partial charge in [0.05, 0.1) is 54.9 Å². The molecule has 0 bridgehead atoms. The predicted octanol–water partition coefficient (Wildman–Crippen LogP) is 5.46. The second-order valence-electron chi connectivity index (χ2n) is 8.88. The summed E-state index contributed by atoms with van der Waals surface area (Å²) in [6, 6.07) is 23.4. The zero-order valence-electron chi connectivity index (χ0n) is 22.5. The molecule has 0 saturated heterocycles. The number of carbonyl (C=O) groups is 2. The average molecular weight is 538 g/mol. The minimum atomic E-state index is -0.668. The molecule has 0 unspecified atom stereocenters. The number of hydrogen-bond donors (Lipinski definition) is 0. The number of carbonyl (C=O) groups excluding carboxylic acids is 2. The monoisotopic (exact) mass is 537 g/mol. The van der Waals surface area contributed by atoms with Crippen molar-refractivity contribution in [1.82, 2.24) is 14.8 Å². The number of para-hydroxylation sites is 1. The number of rotatable bonds is 9. The van der Waals surface area contributed by atoms with Gasteiger partial charge in [-0.2, -0.15) is 5.10 Å². The number of Topliss-reactive ketones (excluding diaryl/α,β-unsaturated/α-hetero) is 1. The summed E-state index contributed by atoms with van der Waals surface area (Å²) in [7, 11) is 4.58. The molecule has 5 rings (SSSR count). The van der Waals surface area contributed by atoms with Crippen LogP contribution in [0.3, 0.4) is 0 Å². The van der Waals surface area contributed by atoms with E-state index in [4.69, 9.17) is 23.9 Å². The van der Waals surface area contributed by atoms with Gasteiger partial charge in [0.25, 0.3) is 0 Å². The van der Waals surface area contributed by atoms with E-state index in [1.54, 1.807) is 43.0 Å². The summed E-state index contributed by atoms with van der Waals surface area (Å²) >= 11 is 0. The van der Waals surface area contributed by atoms with Gasteiger partial charge in [0, 0.05) is 11.6 Å². The SMILES string of the molecule is COc1ccc(-c2cc(C(=O)OCC(=O)c3ccc(OC)cc3OC)c3c(C)nn(-c4ccccc4)c3n2)cc1. The molecule has 0 radical (unpaired) electrons. The highest BCUT2D eigenvalue weighted by molar-refractivity contribution is 6.07. The molecule has 9 heteroatoms. The number of benzene rings is 3. The van der Waals surface area contributed by atoms with Crippen molar-refractivity contribution in [2.24, 2.45) is 0 Å². The van der Waals surface area contributed by atoms with Crippen LogP contribution in [0.1, 0.15) is 26.4 Å². The Morgan fingerprint density at radius 1 is 0.800 bits per heavy atom. The molecule has 0 amide bonds. The molecule has 0 aliphatic rings. The van der Waals surface area contributed by atoms with E-state index in [2.05, 4.69) is 5.10 Å². The van der Waals surface area contributed by atoms with E-state index in [-0.39, 0.29) is 11.1 Å². The Balaban J connectivity index is 1.54. The van der Waals surface area contributed by atoms with E-state index >= 15 is 0 Å². The van der Waals surface area contributed by atoms with Gasteiger partial charge in [-0.3, -0.25) is 4.79 Å². The summed E-state index contributed by atoms with van der Waals surface area (Å²) < 4.78 is 23.1. The van der Waals surface area contributed by atoms with Gasteiger partial charge in [0.15, 0.2) is 12.3 Å². The Kier molecular flexibility index (Phi) is 7.46. The minimum Gasteiger partial charge on any atom is -0.497 e. The van der Waals surface area contributed by atoms with Crippen LogP contribution in [-0.2, 0) is 4.74 Å². The van der Waals surface area contributed by atoms with E-state index in [0.29, 0.717) is 39.7 Å². The zero-order valence-corrected chi connectivity index (χ0v) is 22.5. The first-order valence-corrected chi connectivity index (χ1v) is 12.5. The van der Waals surface area contributed by atoms with Gasteiger partial charge in [-0.25, -0.2) is 14.5 Å². The lowest BCUT2D eigenvalue weighted by atomic mass is 10.1. The summed E-state index contributed by atoms with van der Waals surface area (Å²) in [6.07, 6.45) is 0. The number of hydrogen-bond acceptors (Lipinski definition) is 8. The van der Waals surface area contributed by atoms with Crippen LogP contribution in [0.5, 0.6) is 17.2 Å². The molecule has 202 valence electrons. The Morgan fingerprint density at radius 2 is 1.50 bits per heavy atom. The summed E-state index contributed by atoms with van der Waals surface area (Å²) in [5.41, 5.74) is 3.74. The van der Waals surface area contributed by atoms with E-state index < -0.39 is 18.4 Å². The highest BCUT2D eigenvalue weighted by Crippen LogP contribution is 2.30. The Morgan fingerprint density at radius 3 is 2.17 bits per heavy atom. The van der Waals surface area contributed by atoms with Crippen molar-refractivity contribution in [2.45, 2.75) is 6.92 Å². The molecular weight excluding hydrogens is 510 g/mol. The maximum absolute atomic E-state index is 13.5. The van der Waals surface area contributed by atoms with Crippen molar-refractivity contribution >= 4 is 22.8 Å². The third-order valence-electron chi connectivity index (χ3n) is 6.46. The van der Waals surface area contributed by atoms with Gasteiger partial charge in [0.1, 0.15) is 17.2 Å². The highest BCUT2D eigenvalue weighted by Gasteiger charge is 2.23. The highest BCUT2D eigenvalue weighted by atomic mass is 16.5. The second kappa shape index (κ2) is 11.3. The molecule has 2 heterocycles. The maximum atomic E-state index is 13.5. The minimum absolute atomic E-state index is 0.255. The van der Waals surface area contributed by atoms with Crippen LogP contribution < -0.4 is 14.2 Å². The largest absolute Gasteiger partial charge is 0.497 e. The van der Waals surface area contributed by atoms with Crippen molar-refractivity contribution in [2.75, 3.05) is 27.9 Å². The van der Waals surface area contributed by atoms with Crippen LogP contribution in [0.15, 0.2) is 78.9 Å². The van der Waals surface area contributed by atoms with E-state index in [1.807, 2.05) is 54.6 Å². The van der Waals surface area contributed by atoms with E-state index in [0.717, 1.165) is 11.3 Å². The van der Waals surface area contributed by atoms with E-state index in [1.165, 1.54) is 14.2 Å². The molecule has 0 spiro atoms. The average Bonchev–Trinajstić information content (AvgIpc) is 3.35. The molecule has 0 atom stereocenters. The van der Waals surface area contributed by atoms with Crippen LogP contribution in [0.25, 0.3) is 28.0 Å². The Hall–Kier alpha value is -5.18. The fourth-order valence-electron chi connectivity index (χ4n) is 4.42. The van der Waals surface area contributed by atoms with Gasteiger partial charge >= 0.3 is 5.97 Å². The third-order valence-corrected chi connectivity index (χ3v) is 6.46. The van der Waals surface area contributed by atoms with Gasteiger partial charge in [-0.1, -0.05) is 18.2 Å². The summed E-state index contributed by atoms with van der Waals surface area (Å²) in [5.74, 6) is 0.487. The zero-order chi connectivity index (χ0) is 28.2. The number of aryl methyl sites for hydroxylation is 1. The maximum Gasteiger partial charge on any atom is 0.339 e. The first-order chi connectivity index (χ1) is 19.4. The van der Waals surface area contributed by atoms with E-state index in [9.17, 15) is 9.59 Å². The van der Waals surface area contributed by atoms with Crippen molar-refractivity contribution in [3.05, 3.63) is 95.7 Å². The number of methoxy groups -OCH3 is 3. The molecule has 0 aliphatic heterocycles. The molecule has 2 aromatic heterocycles. The number of fused-ring (bicyclic) bond motifs is 1. The Labute approximate surface area is 230 Å². The Bertz CT molecular complexity index is 1690. The number of pyridine rings is 1. The lowest BCUT2D eigenvalue weighted by Crippen LogP contribution is -2.16. The number of ketones is 1. The molecule has 0 aliphatic carbocycles. The van der Waals surface area contributed by atoms with Crippen molar-refractivity contribution in [1.29, 1.82) is 0 Å². The van der Waals surface area contributed by atoms with Gasteiger partial charge < -0.3 is 18.9 Å². The summed E-state index contributed by atoms with van der Waals surface area (Å²) in [6.45, 7) is 1.33. The number of esters is 1. The quantitative estimate of drug-likeness (QED) is 0.180.